The third-order valence-corrected chi connectivity index (χ3v) is 0.674. The zero-order chi connectivity index (χ0) is 6.95. The van der Waals surface area contributed by atoms with Crippen LogP contribution in [0.5, 0.6) is 0 Å². The van der Waals surface area contributed by atoms with E-state index < -0.39 is 0 Å². The molecule has 0 aliphatic carbocycles. The molecule has 0 unspecified atom stereocenters. The second-order valence-corrected chi connectivity index (χ2v) is 1.45. The van der Waals surface area contributed by atoms with Gasteiger partial charge in [0.05, 0.1) is 0 Å². The molecule has 0 aliphatic heterocycles. The number of hydrogen-bond donors (Lipinski definition) is 0. The highest BCUT2D eigenvalue weighted by Crippen LogP contribution is 1.75. The van der Waals surface area contributed by atoms with Crippen LogP contribution in [0.3, 0.4) is 0 Å². The molecule has 1 heteroatoms. The van der Waals surface area contributed by atoms with Crippen molar-refractivity contribution < 1.29 is 0 Å². The lowest BCUT2D eigenvalue weighted by atomic mass is 10.5. The molecule has 0 rings (SSSR count). The Morgan fingerprint density at radius 1 is 1.67 bits per heavy atom. The third-order valence-electron chi connectivity index (χ3n) is 0.674. The molecular formula is C8H11N. The van der Waals surface area contributed by atoms with Gasteiger partial charge in [-0.15, -0.1) is 5.73 Å². The Labute approximate surface area is 56.1 Å². The molecule has 0 saturated heterocycles. The van der Waals surface area contributed by atoms with Gasteiger partial charge in [-0.3, -0.25) is 4.99 Å². The minimum atomic E-state index is 0.974. The Balaban J connectivity index is 3.46. The van der Waals surface area contributed by atoms with Gasteiger partial charge >= 0.3 is 0 Å². The van der Waals surface area contributed by atoms with E-state index in [9.17, 15) is 0 Å². The van der Waals surface area contributed by atoms with Gasteiger partial charge < -0.3 is 0 Å². The van der Waals surface area contributed by atoms with Crippen LogP contribution in [-0.4, -0.2) is 6.21 Å². The van der Waals surface area contributed by atoms with Crippen molar-refractivity contribution in [2.24, 2.45) is 4.99 Å². The molecular weight excluding hydrogens is 110 g/mol. The Hall–Kier alpha value is -1.07. The molecule has 48 valence electrons. The summed E-state index contributed by atoms with van der Waals surface area (Å²) in [4.78, 5) is 3.92. The van der Waals surface area contributed by atoms with Gasteiger partial charge in [0.2, 0.25) is 0 Å². The minimum Gasteiger partial charge on any atom is -0.269 e. The molecule has 0 saturated carbocycles. The van der Waals surface area contributed by atoms with Gasteiger partial charge in [0.1, 0.15) is 0 Å². The number of hydrogen-bond acceptors (Lipinski definition) is 1. The molecule has 0 aromatic heterocycles. The summed E-state index contributed by atoms with van der Waals surface area (Å²) in [5.74, 6) is 0. The fourth-order valence-corrected chi connectivity index (χ4v) is 0.327. The summed E-state index contributed by atoms with van der Waals surface area (Å²) in [6.07, 6.45) is 8.03. The first-order chi connectivity index (χ1) is 4.41. The molecule has 9 heavy (non-hydrogen) atoms. The molecule has 0 heterocycles. The molecule has 0 radical (unpaired) electrons. The van der Waals surface area contributed by atoms with Crippen molar-refractivity contribution in [2.45, 2.75) is 13.3 Å². The second-order valence-electron chi connectivity index (χ2n) is 1.45. The highest BCUT2D eigenvalue weighted by Gasteiger charge is 1.60. The van der Waals surface area contributed by atoms with Crippen LogP contribution in [0, 0.1) is 0 Å². The summed E-state index contributed by atoms with van der Waals surface area (Å²) in [5, 5.41) is 0. The largest absolute Gasteiger partial charge is 0.269 e. The third kappa shape index (κ3) is 6.93. The predicted octanol–water partition coefficient (Wildman–Crippen LogP) is 2.32. The number of allylic oxidation sites excluding steroid dienone is 2. The smallest absolute Gasteiger partial charge is 0.0270 e. The molecule has 0 aliphatic rings. The highest BCUT2D eigenvalue weighted by atomic mass is 14.7. The first kappa shape index (κ1) is 7.93. The van der Waals surface area contributed by atoms with Gasteiger partial charge in [0.25, 0.3) is 0 Å². The van der Waals surface area contributed by atoms with E-state index in [1.807, 2.05) is 13.1 Å². The van der Waals surface area contributed by atoms with Gasteiger partial charge in [-0.25, -0.2) is 0 Å². The van der Waals surface area contributed by atoms with E-state index in [0.29, 0.717) is 0 Å². The van der Waals surface area contributed by atoms with Gasteiger partial charge in [0, 0.05) is 12.4 Å². The lowest BCUT2D eigenvalue weighted by Crippen LogP contribution is -1.61. The van der Waals surface area contributed by atoms with E-state index in [2.05, 4.69) is 17.3 Å². The van der Waals surface area contributed by atoms with Crippen LogP contribution in [0.25, 0.3) is 0 Å². The number of aliphatic imine (C=N–C) groups is 1. The lowest BCUT2D eigenvalue weighted by Gasteiger charge is -1.72. The van der Waals surface area contributed by atoms with Gasteiger partial charge in [-0.1, -0.05) is 13.5 Å². The van der Waals surface area contributed by atoms with Crippen molar-refractivity contribution in [3.63, 3.8) is 0 Å². The van der Waals surface area contributed by atoms with Gasteiger partial charge in [0.15, 0.2) is 0 Å². The number of rotatable bonds is 3. The average Bonchev–Trinajstić information content (AvgIpc) is 1.89. The standard InChI is InChI=1S/C8H11N/c1-3-5-6-8-9-7-4-2/h5-8H,1,4H2,2H3/b8-6-,9-7?. The molecule has 0 aromatic rings. The Morgan fingerprint density at radius 3 is 3.00 bits per heavy atom. The summed E-state index contributed by atoms with van der Waals surface area (Å²) < 4.78 is 0. The molecule has 0 atom stereocenters. The maximum Gasteiger partial charge on any atom is 0.0270 e. The first-order valence-corrected chi connectivity index (χ1v) is 2.94. The zero-order valence-corrected chi connectivity index (χ0v) is 5.67. The van der Waals surface area contributed by atoms with Crippen molar-refractivity contribution in [2.75, 3.05) is 0 Å². The van der Waals surface area contributed by atoms with Crippen molar-refractivity contribution in [1.29, 1.82) is 0 Å². The summed E-state index contributed by atoms with van der Waals surface area (Å²) in [7, 11) is 0. The van der Waals surface area contributed by atoms with Crippen molar-refractivity contribution >= 4 is 6.21 Å². The Morgan fingerprint density at radius 2 is 2.44 bits per heavy atom. The van der Waals surface area contributed by atoms with Crippen LogP contribution in [0.1, 0.15) is 13.3 Å². The van der Waals surface area contributed by atoms with Crippen molar-refractivity contribution in [3.8, 4) is 0 Å². The number of nitrogens with zero attached hydrogens (tertiary/aromatic N) is 1. The van der Waals surface area contributed by atoms with Crippen LogP contribution < -0.4 is 0 Å². The van der Waals surface area contributed by atoms with Crippen molar-refractivity contribution in [1.82, 2.24) is 0 Å². The van der Waals surface area contributed by atoms with E-state index in [1.54, 1.807) is 18.4 Å². The van der Waals surface area contributed by atoms with Gasteiger partial charge in [-0.2, -0.15) is 0 Å². The fourth-order valence-electron chi connectivity index (χ4n) is 0.327. The SMILES string of the molecule is C=C=C/C=C\N=CCC. The minimum absolute atomic E-state index is 0.974. The molecule has 0 fully saturated rings. The maximum atomic E-state index is 3.92. The van der Waals surface area contributed by atoms with Crippen LogP contribution in [0.4, 0.5) is 0 Å². The molecule has 0 spiro atoms. The van der Waals surface area contributed by atoms with E-state index in [4.69, 9.17) is 0 Å². The zero-order valence-electron chi connectivity index (χ0n) is 5.67. The molecule has 0 amide bonds. The summed E-state index contributed by atoms with van der Waals surface area (Å²) in [6.45, 7) is 5.44. The van der Waals surface area contributed by atoms with Crippen LogP contribution >= 0.6 is 0 Å². The van der Waals surface area contributed by atoms with E-state index in [1.165, 1.54) is 0 Å². The van der Waals surface area contributed by atoms with Gasteiger partial charge in [-0.05, 0) is 18.6 Å². The highest BCUT2D eigenvalue weighted by molar-refractivity contribution is 5.57. The van der Waals surface area contributed by atoms with Crippen molar-refractivity contribution in [3.05, 3.63) is 30.7 Å². The first-order valence-electron chi connectivity index (χ1n) is 2.94. The topological polar surface area (TPSA) is 12.4 Å². The molecule has 0 bridgehead atoms. The Kier molecular flexibility index (Phi) is 6.11. The normalized spacial score (nSPS) is 10.3. The summed E-state index contributed by atoms with van der Waals surface area (Å²) in [6, 6.07) is 0. The van der Waals surface area contributed by atoms with E-state index in [0.717, 1.165) is 6.42 Å². The molecule has 0 N–H and O–H groups in total. The monoisotopic (exact) mass is 121 g/mol. The van der Waals surface area contributed by atoms with E-state index in [-0.39, 0.29) is 0 Å². The quantitative estimate of drug-likeness (QED) is 0.308. The summed E-state index contributed by atoms with van der Waals surface area (Å²) >= 11 is 0. The van der Waals surface area contributed by atoms with Crippen LogP contribution in [0.2, 0.25) is 0 Å². The lowest BCUT2D eigenvalue weighted by molar-refractivity contribution is 1.31. The molecule has 0 aromatic carbocycles. The van der Waals surface area contributed by atoms with Crippen LogP contribution in [0.15, 0.2) is 35.7 Å². The molecule has 1 nitrogen and oxygen atoms in total. The summed E-state index contributed by atoms with van der Waals surface area (Å²) in [5.41, 5.74) is 2.61. The predicted molar refractivity (Wildman–Crippen MR) is 41.6 cm³/mol. The average molecular weight is 121 g/mol. The van der Waals surface area contributed by atoms with E-state index >= 15 is 0 Å². The fraction of sp³-hybridized carbons (Fsp3) is 0.250. The van der Waals surface area contributed by atoms with Crippen LogP contribution in [-0.2, 0) is 0 Å². The maximum absolute atomic E-state index is 3.92. The Bertz CT molecular complexity index is 148. The second kappa shape index (κ2) is 6.93.